The molecule has 0 saturated heterocycles. The molecule has 5 heteroatoms. The molecule has 2 aromatic heterocycles. The molecule has 104 valence electrons. The molecule has 2 heterocycles. The predicted octanol–water partition coefficient (Wildman–Crippen LogP) is 3.63. The lowest BCUT2D eigenvalue weighted by atomic mass is 10.1. The van der Waals surface area contributed by atoms with Gasteiger partial charge in [0.05, 0.1) is 23.0 Å². The topological polar surface area (TPSA) is 66.5 Å². The van der Waals surface area contributed by atoms with Crippen LogP contribution in [0, 0.1) is 11.3 Å². The maximum atomic E-state index is 9.30. The number of rotatable bonds is 3. The number of benzene rings is 1. The van der Waals surface area contributed by atoms with Gasteiger partial charge in [-0.05, 0) is 26.0 Å². The molecule has 0 unspecified atom stereocenters. The molecule has 0 amide bonds. The fraction of sp³-hybridized carbons (Fsp3) is 0.188. The first kappa shape index (κ1) is 13.1. The molecule has 0 spiro atoms. The maximum Gasteiger partial charge on any atom is 0.149 e. The smallest absolute Gasteiger partial charge is 0.149 e. The monoisotopic (exact) mass is 277 g/mol. The zero-order chi connectivity index (χ0) is 14.8. The first-order chi connectivity index (χ1) is 10.2. The summed E-state index contributed by atoms with van der Waals surface area (Å²) in [5.41, 5.74) is 2.20. The Morgan fingerprint density at radius 3 is 2.81 bits per heavy atom. The van der Waals surface area contributed by atoms with E-state index in [1.165, 1.54) is 0 Å². The molecule has 0 saturated carbocycles. The summed E-state index contributed by atoms with van der Waals surface area (Å²) in [6.45, 7) is 4.12. The number of nitrogens with one attached hydrogen (secondary N) is 1. The highest BCUT2D eigenvalue weighted by Gasteiger charge is 2.08. The summed E-state index contributed by atoms with van der Waals surface area (Å²) in [5, 5.41) is 17.7. The normalized spacial score (nSPS) is 10.8. The molecule has 21 heavy (non-hydrogen) atoms. The Morgan fingerprint density at radius 2 is 2.10 bits per heavy atom. The van der Waals surface area contributed by atoms with Gasteiger partial charge in [-0.1, -0.05) is 18.2 Å². The highest BCUT2D eigenvalue weighted by atomic mass is 15.3. The molecule has 1 aromatic carbocycles. The minimum atomic E-state index is 0.292. The van der Waals surface area contributed by atoms with Gasteiger partial charge in [0.25, 0.3) is 0 Å². The van der Waals surface area contributed by atoms with Crippen LogP contribution in [0.4, 0.5) is 11.5 Å². The minimum absolute atomic E-state index is 0.292. The average Bonchev–Trinajstić information content (AvgIpc) is 2.95. The largest absolute Gasteiger partial charge is 0.337 e. The van der Waals surface area contributed by atoms with Crippen LogP contribution in [0.3, 0.4) is 0 Å². The molecule has 0 aliphatic rings. The van der Waals surface area contributed by atoms with Gasteiger partial charge < -0.3 is 5.32 Å². The zero-order valence-electron chi connectivity index (χ0n) is 11.9. The van der Waals surface area contributed by atoms with E-state index in [1.807, 2.05) is 41.2 Å². The number of aromatic nitrogens is 3. The third kappa shape index (κ3) is 2.56. The molecule has 3 aromatic rings. The third-order valence-corrected chi connectivity index (χ3v) is 3.24. The van der Waals surface area contributed by atoms with Gasteiger partial charge in [0.1, 0.15) is 11.9 Å². The van der Waals surface area contributed by atoms with Gasteiger partial charge in [0.15, 0.2) is 0 Å². The van der Waals surface area contributed by atoms with Crippen molar-refractivity contribution in [3.8, 4) is 6.07 Å². The van der Waals surface area contributed by atoms with Crippen molar-refractivity contribution in [3.05, 3.63) is 48.3 Å². The Kier molecular flexibility index (Phi) is 3.28. The first-order valence-electron chi connectivity index (χ1n) is 6.78. The highest BCUT2D eigenvalue weighted by Crippen LogP contribution is 2.23. The Balaban J connectivity index is 2.00. The van der Waals surface area contributed by atoms with Crippen molar-refractivity contribution in [3.63, 3.8) is 0 Å². The number of hydrogen-bond donors (Lipinski definition) is 1. The van der Waals surface area contributed by atoms with E-state index in [9.17, 15) is 5.26 Å². The fourth-order valence-electron chi connectivity index (χ4n) is 2.12. The highest BCUT2D eigenvalue weighted by molar-refractivity contribution is 5.83. The molecule has 0 aliphatic carbocycles. The average molecular weight is 277 g/mol. The van der Waals surface area contributed by atoms with E-state index in [4.69, 9.17) is 0 Å². The Morgan fingerprint density at radius 1 is 1.29 bits per heavy atom. The molecular formula is C16H15N5. The van der Waals surface area contributed by atoms with Crippen LogP contribution >= 0.6 is 0 Å². The first-order valence-corrected chi connectivity index (χ1v) is 6.78. The molecule has 1 N–H and O–H groups in total. The molecule has 0 atom stereocenters. The van der Waals surface area contributed by atoms with E-state index in [-0.39, 0.29) is 0 Å². The van der Waals surface area contributed by atoms with Crippen molar-refractivity contribution in [2.24, 2.45) is 0 Å². The summed E-state index contributed by atoms with van der Waals surface area (Å²) in [7, 11) is 0. The van der Waals surface area contributed by atoms with Crippen molar-refractivity contribution < 1.29 is 0 Å². The van der Waals surface area contributed by atoms with Crippen LogP contribution < -0.4 is 5.32 Å². The predicted molar refractivity (Wildman–Crippen MR) is 82.4 cm³/mol. The molecule has 3 rings (SSSR count). The van der Waals surface area contributed by atoms with E-state index in [1.54, 1.807) is 6.20 Å². The number of fused-ring (bicyclic) bond motifs is 1. The number of anilines is 2. The lowest BCUT2D eigenvalue weighted by Gasteiger charge is -2.07. The van der Waals surface area contributed by atoms with E-state index < -0.39 is 0 Å². The molecule has 0 bridgehead atoms. The summed E-state index contributed by atoms with van der Waals surface area (Å²) < 4.78 is 1.86. The van der Waals surface area contributed by atoms with Crippen LogP contribution in [0.25, 0.3) is 10.9 Å². The van der Waals surface area contributed by atoms with Gasteiger partial charge in [0.2, 0.25) is 0 Å². The standard InChI is InChI=1S/C16H15N5/c1-11(2)21-10-14(9-18-21)19-16-13(8-17)7-12-5-3-4-6-15(12)20-16/h3-7,9-11H,1-2H3,(H,19,20). The molecular weight excluding hydrogens is 262 g/mol. The van der Waals surface area contributed by atoms with Gasteiger partial charge in [-0.2, -0.15) is 10.4 Å². The van der Waals surface area contributed by atoms with Crippen molar-refractivity contribution in [2.75, 3.05) is 5.32 Å². The summed E-state index contributed by atoms with van der Waals surface area (Å²) in [6, 6.07) is 12.1. The Hall–Kier alpha value is -2.87. The second-order valence-corrected chi connectivity index (χ2v) is 5.12. The van der Waals surface area contributed by atoms with Gasteiger partial charge in [-0.3, -0.25) is 4.68 Å². The second-order valence-electron chi connectivity index (χ2n) is 5.12. The van der Waals surface area contributed by atoms with Crippen molar-refractivity contribution in [1.82, 2.24) is 14.8 Å². The lowest BCUT2D eigenvalue weighted by Crippen LogP contribution is -2.00. The number of pyridine rings is 1. The molecule has 0 aliphatic heterocycles. The minimum Gasteiger partial charge on any atom is -0.337 e. The Bertz CT molecular complexity index is 826. The van der Waals surface area contributed by atoms with Crippen LogP contribution in [0.2, 0.25) is 0 Å². The third-order valence-electron chi connectivity index (χ3n) is 3.24. The number of hydrogen-bond acceptors (Lipinski definition) is 4. The van der Waals surface area contributed by atoms with Crippen LogP contribution in [-0.4, -0.2) is 14.8 Å². The van der Waals surface area contributed by atoms with E-state index in [0.717, 1.165) is 16.6 Å². The lowest BCUT2D eigenvalue weighted by molar-refractivity contribution is 0.532. The van der Waals surface area contributed by atoms with Gasteiger partial charge in [-0.15, -0.1) is 0 Å². The molecule has 0 radical (unpaired) electrons. The summed E-state index contributed by atoms with van der Waals surface area (Å²) in [5.74, 6) is 0.555. The summed E-state index contributed by atoms with van der Waals surface area (Å²) >= 11 is 0. The SMILES string of the molecule is CC(C)n1cc(Nc2nc3ccccc3cc2C#N)cn1. The van der Waals surface area contributed by atoms with Crippen LogP contribution in [-0.2, 0) is 0 Å². The zero-order valence-corrected chi connectivity index (χ0v) is 11.9. The number of nitrogens with zero attached hydrogens (tertiary/aromatic N) is 4. The quantitative estimate of drug-likeness (QED) is 0.794. The van der Waals surface area contributed by atoms with Crippen molar-refractivity contribution in [2.45, 2.75) is 19.9 Å². The van der Waals surface area contributed by atoms with E-state index in [0.29, 0.717) is 17.4 Å². The summed E-state index contributed by atoms with van der Waals surface area (Å²) in [4.78, 5) is 4.52. The van der Waals surface area contributed by atoms with Gasteiger partial charge in [-0.25, -0.2) is 4.98 Å². The van der Waals surface area contributed by atoms with Crippen molar-refractivity contribution >= 4 is 22.4 Å². The maximum absolute atomic E-state index is 9.30. The summed E-state index contributed by atoms with van der Waals surface area (Å²) in [6.07, 6.45) is 3.64. The van der Waals surface area contributed by atoms with Gasteiger partial charge >= 0.3 is 0 Å². The number of nitriles is 1. The molecule has 0 fully saturated rings. The van der Waals surface area contributed by atoms with Gasteiger partial charge in [0, 0.05) is 17.6 Å². The second kappa shape index (κ2) is 5.25. The van der Waals surface area contributed by atoms with E-state index >= 15 is 0 Å². The Labute approximate surface area is 122 Å². The number of para-hydroxylation sites is 1. The van der Waals surface area contributed by atoms with Crippen LogP contribution in [0.1, 0.15) is 25.5 Å². The van der Waals surface area contributed by atoms with Crippen molar-refractivity contribution in [1.29, 1.82) is 5.26 Å². The fourth-order valence-corrected chi connectivity index (χ4v) is 2.12. The van der Waals surface area contributed by atoms with Crippen LogP contribution in [0.15, 0.2) is 42.7 Å². The molecule has 5 nitrogen and oxygen atoms in total. The van der Waals surface area contributed by atoms with E-state index in [2.05, 4.69) is 35.3 Å². The van der Waals surface area contributed by atoms with Crippen LogP contribution in [0.5, 0.6) is 0 Å².